The maximum Gasteiger partial charge on any atom is 0.253 e. The minimum absolute atomic E-state index is 0.0126. The molecule has 0 radical (unpaired) electrons. The normalized spacial score (nSPS) is 17.6. The van der Waals surface area contributed by atoms with Gasteiger partial charge in [0.05, 0.1) is 19.3 Å². The Morgan fingerprint density at radius 1 is 1.00 bits per heavy atom. The summed E-state index contributed by atoms with van der Waals surface area (Å²) in [6, 6.07) is 15.0. The largest absolute Gasteiger partial charge is 0.497 e. The number of hydrogen-bond acceptors (Lipinski definition) is 5. The number of nitrogens with zero attached hydrogens (tertiary/aromatic N) is 1. The fourth-order valence-electron chi connectivity index (χ4n) is 6.46. The summed E-state index contributed by atoms with van der Waals surface area (Å²) in [7, 11) is 1.64. The minimum Gasteiger partial charge on any atom is -0.497 e. The van der Waals surface area contributed by atoms with Crippen LogP contribution in [-0.4, -0.2) is 66.8 Å². The summed E-state index contributed by atoms with van der Waals surface area (Å²) < 4.78 is 33.7. The highest BCUT2D eigenvalue weighted by molar-refractivity contribution is 6.00. The number of halogens is 2. The number of aryl methyl sites for hydroxylation is 1. The van der Waals surface area contributed by atoms with Gasteiger partial charge in [-0.05, 0) is 117 Å². The Hall–Kier alpha value is -3.82. The quantitative estimate of drug-likeness (QED) is 0.207. The van der Waals surface area contributed by atoms with Crippen LogP contribution in [0.3, 0.4) is 0 Å². The molecule has 7 nitrogen and oxygen atoms in total. The maximum absolute atomic E-state index is 14.2. The molecule has 4 atom stereocenters. The molecule has 0 bridgehead atoms. The van der Waals surface area contributed by atoms with Gasteiger partial charge in [0.25, 0.3) is 11.8 Å². The molecule has 1 aliphatic heterocycles. The van der Waals surface area contributed by atoms with Crippen molar-refractivity contribution in [2.45, 2.75) is 77.5 Å². The van der Waals surface area contributed by atoms with Gasteiger partial charge in [0.1, 0.15) is 17.4 Å². The Balaban J connectivity index is 1.57. The molecular weight excluding hydrogens is 588 g/mol. The van der Waals surface area contributed by atoms with E-state index in [1.54, 1.807) is 30.2 Å². The lowest BCUT2D eigenvalue weighted by molar-refractivity contribution is 0.0576. The molecule has 3 N–H and O–H groups in total. The molecule has 9 heteroatoms. The zero-order valence-electron chi connectivity index (χ0n) is 27.3. The third-order valence-electron chi connectivity index (χ3n) is 8.58. The zero-order chi connectivity index (χ0) is 33.2. The summed E-state index contributed by atoms with van der Waals surface area (Å²) in [6.07, 6.45) is 2.97. The third kappa shape index (κ3) is 9.59. The molecule has 1 heterocycles. The highest BCUT2D eigenvalue weighted by Gasteiger charge is 2.34. The van der Waals surface area contributed by atoms with E-state index in [0.717, 1.165) is 48.6 Å². The SMILES string of the molecule is CCCN(CCC)C(=O)c1cc(C)cc(C(=O)N[C@@H](Cc2cc(F)cc(F)c2)[C@H](O)[C@H]2C[C@@H](Cc3cccc(OC)c3)CCN2)c1. The second kappa shape index (κ2) is 16.7. The number of nitrogens with one attached hydrogen (secondary N) is 2. The van der Waals surface area contributed by atoms with E-state index in [1.165, 1.54) is 12.1 Å². The molecule has 248 valence electrons. The summed E-state index contributed by atoms with van der Waals surface area (Å²) in [6.45, 7) is 7.78. The Morgan fingerprint density at radius 3 is 2.37 bits per heavy atom. The maximum atomic E-state index is 14.2. The predicted molar refractivity (Wildman–Crippen MR) is 176 cm³/mol. The van der Waals surface area contributed by atoms with Crippen molar-refractivity contribution in [3.63, 3.8) is 0 Å². The molecule has 0 saturated carbocycles. The first-order chi connectivity index (χ1) is 22.1. The standard InChI is InChI=1S/C37H47F2N3O4/c1-5-12-42(13-6-2)37(45)29-15-24(3)14-28(22-29)36(44)41-34(21-27-17-30(38)23-31(39)18-27)35(43)33-20-26(10-11-40-33)16-25-8-7-9-32(19-25)46-4/h7-9,14-15,17-19,22-23,26,33-35,40,43H,5-6,10-13,16,20-21H2,1-4H3,(H,41,44)/t26-,33-,34+,35-/m1/s1. The Bertz CT molecular complexity index is 1460. The van der Waals surface area contributed by atoms with Gasteiger partial charge in [0, 0.05) is 36.3 Å². The van der Waals surface area contributed by atoms with Crippen molar-refractivity contribution < 1.29 is 28.2 Å². The third-order valence-corrected chi connectivity index (χ3v) is 8.58. The lowest BCUT2D eigenvalue weighted by Gasteiger charge is -2.37. The number of aliphatic hydroxyl groups is 1. The Morgan fingerprint density at radius 2 is 1.70 bits per heavy atom. The van der Waals surface area contributed by atoms with E-state index in [9.17, 15) is 23.5 Å². The molecule has 4 rings (SSSR count). The molecule has 46 heavy (non-hydrogen) atoms. The molecule has 1 fully saturated rings. The topological polar surface area (TPSA) is 90.9 Å². The van der Waals surface area contributed by atoms with Crippen LogP contribution in [0.25, 0.3) is 0 Å². The van der Waals surface area contributed by atoms with Crippen molar-refractivity contribution in [3.05, 3.63) is 100 Å². The van der Waals surface area contributed by atoms with Crippen molar-refractivity contribution in [2.75, 3.05) is 26.7 Å². The number of carbonyl (C=O) groups excluding carboxylic acids is 2. The van der Waals surface area contributed by atoms with Crippen molar-refractivity contribution in [1.82, 2.24) is 15.5 Å². The molecule has 0 aliphatic carbocycles. The molecule has 3 aromatic carbocycles. The number of piperidine rings is 1. The number of hydrogen-bond donors (Lipinski definition) is 3. The number of rotatable bonds is 14. The van der Waals surface area contributed by atoms with Crippen LogP contribution < -0.4 is 15.4 Å². The van der Waals surface area contributed by atoms with Crippen LogP contribution in [-0.2, 0) is 12.8 Å². The van der Waals surface area contributed by atoms with Gasteiger partial charge in [-0.25, -0.2) is 8.78 Å². The molecule has 3 aromatic rings. The summed E-state index contributed by atoms with van der Waals surface area (Å²) in [5.74, 6) is -1.00. The van der Waals surface area contributed by atoms with Gasteiger partial charge in [-0.15, -0.1) is 0 Å². The van der Waals surface area contributed by atoms with E-state index in [2.05, 4.69) is 16.7 Å². The average molecular weight is 636 g/mol. The zero-order valence-corrected chi connectivity index (χ0v) is 27.3. The van der Waals surface area contributed by atoms with Crippen molar-refractivity contribution >= 4 is 11.8 Å². The van der Waals surface area contributed by atoms with Crippen LogP contribution in [0.5, 0.6) is 5.75 Å². The van der Waals surface area contributed by atoms with Gasteiger partial charge in [-0.1, -0.05) is 26.0 Å². The van der Waals surface area contributed by atoms with Crippen LogP contribution >= 0.6 is 0 Å². The van der Waals surface area contributed by atoms with Gasteiger partial charge in [0.2, 0.25) is 0 Å². The Kier molecular flexibility index (Phi) is 12.7. The molecule has 0 spiro atoms. The van der Waals surface area contributed by atoms with E-state index in [0.29, 0.717) is 37.2 Å². The fraction of sp³-hybridized carbons (Fsp3) is 0.459. The first-order valence-corrected chi connectivity index (χ1v) is 16.3. The van der Waals surface area contributed by atoms with Gasteiger partial charge in [-0.3, -0.25) is 9.59 Å². The van der Waals surface area contributed by atoms with Crippen LogP contribution in [0.1, 0.15) is 76.9 Å². The number of ether oxygens (including phenoxy) is 1. The van der Waals surface area contributed by atoms with Crippen LogP contribution in [0, 0.1) is 24.5 Å². The molecule has 1 aliphatic rings. The van der Waals surface area contributed by atoms with Crippen LogP contribution in [0.4, 0.5) is 8.78 Å². The second-order valence-corrected chi connectivity index (χ2v) is 12.4. The minimum atomic E-state index is -1.06. The van der Waals surface area contributed by atoms with Gasteiger partial charge in [0.15, 0.2) is 0 Å². The highest BCUT2D eigenvalue weighted by Crippen LogP contribution is 2.26. The highest BCUT2D eigenvalue weighted by atomic mass is 19.1. The van der Waals surface area contributed by atoms with Gasteiger partial charge < -0.3 is 25.4 Å². The van der Waals surface area contributed by atoms with E-state index >= 15 is 0 Å². The lowest BCUT2D eigenvalue weighted by Crippen LogP contribution is -2.56. The number of carbonyl (C=O) groups is 2. The van der Waals surface area contributed by atoms with Gasteiger partial charge in [-0.2, -0.15) is 0 Å². The monoisotopic (exact) mass is 635 g/mol. The second-order valence-electron chi connectivity index (χ2n) is 12.4. The summed E-state index contributed by atoms with van der Waals surface area (Å²) in [5, 5.41) is 18.1. The van der Waals surface area contributed by atoms with E-state index in [1.807, 2.05) is 39.0 Å². The van der Waals surface area contributed by atoms with Crippen molar-refractivity contribution in [3.8, 4) is 5.75 Å². The van der Waals surface area contributed by atoms with Crippen LogP contribution in [0.2, 0.25) is 0 Å². The Labute approximate surface area is 271 Å². The molecular formula is C37H47F2N3O4. The first kappa shape index (κ1) is 35.0. The summed E-state index contributed by atoms with van der Waals surface area (Å²) >= 11 is 0. The smallest absolute Gasteiger partial charge is 0.253 e. The van der Waals surface area contributed by atoms with Crippen molar-refractivity contribution in [1.29, 1.82) is 0 Å². The first-order valence-electron chi connectivity index (χ1n) is 16.3. The fourth-order valence-corrected chi connectivity index (χ4v) is 6.46. The average Bonchev–Trinajstić information content (AvgIpc) is 3.03. The van der Waals surface area contributed by atoms with E-state index in [-0.39, 0.29) is 29.9 Å². The lowest BCUT2D eigenvalue weighted by atomic mass is 9.83. The number of benzene rings is 3. The van der Waals surface area contributed by atoms with E-state index in [4.69, 9.17) is 4.74 Å². The predicted octanol–water partition coefficient (Wildman–Crippen LogP) is 5.86. The van der Waals surface area contributed by atoms with Gasteiger partial charge >= 0.3 is 0 Å². The van der Waals surface area contributed by atoms with Crippen LogP contribution in [0.15, 0.2) is 60.7 Å². The molecule has 2 amide bonds. The summed E-state index contributed by atoms with van der Waals surface area (Å²) in [5.41, 5.74) is 2.92. The summed E-state index contributed by atoms with van der Waals surface area (Å²) in [4.78, 5) is 28.9. The molecule has 0 aromatic heterocycles. The number of aliphatic hydroxyl groups excluding tert-OH is 1. The molecule has 0 unspecified atom stereocenters. The molecule has 1 saturated heterocycles. The van der Waals surface area contributed by atoms with Crippen molar-refractivity contribution in [2.24, 2.45) is 5.92 Å². The number of methoxy groups -OCH3 is 1. The number of amides is 2. The van der Waals surface area contributed by atoms with E-state index < -0.39 is 29.7 Å².